The van der Waals surface area contributed by atoms with Crippen LogP contribution in [0.4, 0.5) is 0 Å². The van der Waals surface area contributed by atoms with E-state index in [9.17, 15) is 4.79 Å². The number of hydrogen-bond donors (Lipinski definition) is 2. The van der Waals surface area contributed by atoms with Gasteiger partial charge in [0.25, 0.3) is 0 Å². The fourth-order valence-corrected chi connectivity index (χ4v) is 3.73. The number of thiol groups is 2. The molecule has 5 rings (SSSR count). The molecule has 0 fully saturated rings. The lowest BCUT2D eigenvalue weighted by atomic mass is 9.97. The number of ketones is 1. The molecule has 1 aliphatic rings. The van der Waals surface area contributed by atoms with Gasteiger partial charge in [0, 0.05) is 11.1 Å². The molecule has 0 radical (unpaired) electrons. The quantitative estimate of drug-likeness (QED) is 0.235. The minimum atomic E-state index is 0.149. The van der Waals surface area contributed by atoms with Crippen LogP contribution < -0.4 is 0 Å². The highest BCUT2D eigenvalue weighted by Crippen LogP contribution is 2.35. The predicted molar refractivity (Wildman–Crippen MR) is 151 cm³/mol. The van der Waals surface area contributed by atoms with Crippen LogP contribution in [-0.2, 0) is 9.59 Å². The Morgan fingerprint density at radius 3 is 0.971 bits per heavy atom. The second kappa shape index (κ2) is 16.3. The lowest BCUT2D eigenvalue weighted by molar-refractivity contribution is -0.191. The molecule has 0 bridgehead atoms. The van der Waals surface area contributed by atoms with E-state index in [0.717, 1.165) is 22.3 Å². The van der Waals surface area contributed by atoms with Crippen molar-refractivity contribution in [1.29, 1.82) is 0 Å². The molecule has 0 saturated carbocycles. The highest BCUT2D eigenvalue weighted by atomic mass is 32.1. The van der Waals surface area contributed by atoms with Crippen molar-refractivity contribution in [3.05, 3.63) is 119 Å². The number of hydrogen-bond acceptors (Lipinski definition) is 5. The number of aryl methyl sites for hydroxylation is 2. The molecule has 0 N–H and O–H groups in total. The Morgan fingerprint density at radius 2 is 0.686 bits per heavy atom. The third kappa shape index (κ3) is 7.83. The molecule has 1 aliphatic carbocycles. The molecule has 0 saturated heterocycles. The minimum absolute atomic E-state index is 0.149. The lowest BCUT2D eigenvalue weighted by Gasteiger charge is -2.08. The highest BCUT2D eigenvalue weighted by Gasteiger charge is 2.24. The summed E-state index contributed by atoms with van der Waals surface area (Å²) in [7, 11) is 0. The Morgan fingerprint density at radius 1 is 0.457 bits per heavy atom. The standard InChI is InChI=1S/C14H14.C13H8O.CO2.2CH4S/c1-11-7-3-5-9-13(11)14-10-6-4-8-12(14)2;14-13-11-7-3-1-5-9(11)10-6-2-4-8-12(10)13;2-1-3;2*1-2/h3-10H,1-2H3;1-8H;;2*2H,1H3. The Hall–Kier alpha value is -3.37. The number of rotatable bonds is 1. The maximum absolute atomic E-state index is 11.9. The maximum atomic E-state index is 11.9. The van der Waals surface area contributed by atoms with Crippen molar-refractivity contribution in [2.75, 3.05) is 12.5 Å². The summed E-state index contributed by atoms with van der Waals surface area (Å²) >= 11 is 7.06. The van der Waals surface area contributed by atoms with Crippen LogP contribution in [0.15, 0.2) is 97.1 Å². The molecule has 0 heterocycles. The SMILES string of the molecule is CS.CS.Cc1ccccc1-c1ccccc1C.O=C1c2ccccc2-c2ccccc21.O=C=O. The predicted octanol–water partition coefficient (Wildman–Crippen LogP) is 7.38. The van der Waals surface area contributed by atoms with Crippen LogP contribution in [0.2, 0.25) is 0 Å². The highest BCUT2D eigenvalue weighted by molar-refractivity contribution is 7.79. The van der Waals surface area contributed by atoms with E-state index in [-0.39, 0.29) is 11.9 Å². The van der Waals surface area contributed by atoms with E-state index < -0.39 is 0 Å². The molecule has 0 aliphatic heterocycles. The van der Waals surface area contributed by atoms with E-state index in [1.165, 1.54) is 22.3 Å². The molecule has 180 valence electrons. The summed E-state index contributed by atoms with van der Waals surface area (Å²) in [5.74, 6) is 0.149. The van der Waals surface area contributed by atoms with Gasteiger partial charge in [-0.2, -0.15) is 34.8 Å². The normalized spacial score (nSPS) is 9.60. The average molecular weight is 503 g/mol. The molecule has 4 aromatic rings. The molecule has 5 heteroatoms. The number of carbonyl (C=O) groups excluding carboxylic acids is 3. The van der Waals surface area contributed by atoms with Gasteiger partial charge < -0.3 is 0 Å². The Bertz CT molecular complexity index is 1170. The zero-order chi connectivity index (χ0) is 26.2. The first-order chi connectivity index (χ1) is 17.1. The summed E-state index contributed by atoms with van der Waals surface area (Å²) < 4.78 is 0. The number of carbonyl (C=O) groups is 1. The van der Waals surface area contributed by atoms with Crippen molar-refractivity contribution in [1.82, 2.24) is 0 Å². The molecule has 4 aromatic carbocycles. The molecular formula is C30H30O3S2. The van der Waals surface area contributed by atoms with Crippen molar-refractivity contribution in [2.24, 2.45) is 0 Å². The van der Waals surface area contributed by atoms with Crippen LogP contribution in [0.3, 0.4) is 0 Å². The van der Waals surface area contributed by atoms with Gasteiger partial charge in [-0.05, 0) is 59.7 Å². The minimum Gasteiger partial charge on any atom is -0.289 e. The third-order valence-corrected chi connectivity index (χ3v) is 5.21. The van der Waals surface area contributed by atoms with Gasteiger partial charge in [0.2, 0.25) is 0 Å². The summed E-state index contributed by atoms with van der Waals surface area (Å²) in [4.78, 5) is 28.1. The topological polar surface area (TPSA) is 51.2 Å². The summed E-state index contributed by atoms with van der Waals surface area (Å²) in [6.45, 7) is 4.31. The monoisotopic (exact) mass is 502 g/mol. The Labute approximate surface area is 219 Å². The second-order valence-electron chi connectivity index (χ2n) is 7.13. The summed E-state index contributed by atoms with van der Waals surface area (Å²) in [5, 5.41) is 0. The molecule has 0 unspecified atom stereocenters. The van der Waals surface area contributed by atoms with Crippen LogP contribution in [0, 0.1) is 13.8 Å². The van der Waals surface area contributed by atoms with Crippen LogP contribution >= 0.6 is 25.3 Å². The van der Waals surface area contributed by atoms with Crippen LogP contribution in [0.25, 0.3) is 22.3 Å². The van der Waals surface area contributed by atoms with E-state index in [2.05, 4.69) is 87.6 Å². The van der Waals surface area contributed by atoms with E-state index in [4.69, 9.17) is 9.59 Å². The Balaban J connectivity index is 0.000000280. The van der Waals surface area contributed by atoms with Crippen molar-refractivity contribution >= 4 is 37.2 Å². The van der Waals surface area contributed by atoms with Crippen molar-refractivity contribution in [3.63, 3.8) is 0 Å². The molecular weight excluding hydrogens is 472 g/mol. The largest absolute Gasteiger partial charge is 0.373 e. The van der Waals surface area contributed by atoms with Gasteiger partial charge >= 0.3 is 6.15 Å². The van der Waals surface area contributed by atoms with Gasteiger partial charge in [-0.25, -0.2) is 0 Å². The molecule has 0 aromatic heterocycles. The van der Waals surface area contributed by atoms with Crippen LogP contribution in [0.1, 0.15) is 27.0 Å². The van der Waals surface area contributed by atoms with Crippen LogP contribution in [0.5, 0.6) is 0 Å². The number of benzene rings is 4. The van der Waals surface area contributed by atoms with Crippen LogP contribution in [-0.4, -0.2) is 24.4 Å². The fraction of sp³-hybridized carbons (Fsp3) is 0.133. The zero-order valence-corrected chi connectivity index (χ0v) is 22.1. The maximum Gasteiger partial charge on any atom is 0.373 e. The third-order valence-electron chi connectivity index (χ3n) is 5.21. The lowest BCUT2D eigenvalue weighted by Crippen LogP contribution is -1.93. The molecule has 0 spiro atoms. The summed E-state index contributed by atoms with van der Waals surface area (Å²) in [6, 6.07) is 32.5. The first kappa shape index (κ1) is 29.7. The van der Waals surface area contributed by atoms with Gasteiger partial charge in [0.1, 0.15) is 0 Å². The van der Waals surface area contributed by atoms with Crippen molar-refractivity contribution < 1.29 is 14.4 Å². The van der Waals surface area contributed by atoms with Gasteiger partial charge in [-0.15, -0.1) is 0 Å². The van der Waals surface area contributed by atoms with Crippen molar-refractivity contribution in [2.45, 2.75) is 13.8 Å². The Kier molecular flexibility index (Phi) is 13.8. The first-order valence-electron chi connectivity index (χ1n) is 10.8. The zero-order valence-electron chi connectivity index (χ0n) is 20.4. The molecule has 35 heavy (non-hydrogen) atoms. The molecule has 0 atom stereocenters. The first-order valence-corrected chi connectivity index (χ1v) is 12.6. The van der Waals surface area contributed by atoms with Gasteiger partial charge in [0.05, 0.1) is 0 Å². The van der Waals surface area contributed by atoms with E-state index >= 15 is 0 Å². The van der Waals surface area contributed by atoms with E-state index in [1.54, 1.807) is 12.5 Å². The fourth-order valence-electron chi connectivity index (χ4n) is 3.73. The van der Waals surface area contributed by atoms with Gasteiger partial charge in [-0.3, -0.25) is 4.79 Å². The number of fused-ring (bicyclic) bond motifs is 3. The van der Waals surface area contributed by atoms with Gasteiger partial charge in [0.15, 0.2) is 5.78 Å². The average Bonchev–Trinajstić information content (AvgIpc) is 3.20. The van der Waals surface area contributed by atoms with E-state index in [1.807, 2.05) is 48.5 Å². The second-order valence-corrected chi connectivity index (χ2v) is 7.13. The van der Waals surface area contributed by atoms with Gasteiger partial charge in [-0.1, -0.05) is 97.1 Å². The van der Waals surface area contributed by atoms with Crippen molar-refractivity contribution in [3.8, 4) is 22.3 Å². The summed E-state index contributed by atoms with van der Waals surface area (Å²) in [5.41, 5.74) is 9.13. The van der Waals surface area contributed by atoms with E-state index in [0.29, 0.717) is 0 Å². The summed E-state index contributed by atoms with van der Waals surface area (Å²) in [6.07, 6.45) is 3.64. The molecule has 3 nitrogen and oxygen atoms in total. The smallest absolute Gasteiger partial charge is 0.289 e. The molecule has 0 amide bonds.